The lowest BCUT2D eigenvalue weighted by molar-refractivity contribution is -0.141. The molecule has 36 heavy (non-hydrogen) atoms. The van der Waals surface area contributed by atoms with Crippen LogP contribution in [0.1, 0.15) is 37.9 Å². The number of hydrogen-bond donors (Lipinski definition) is 2. The number of nitrogens with zero attached hydrogens (tertiary/aromatic N) is 3. The molecule has 3 rings (SSSR count). The van der Waals surface area contributed by atoms with E-state index >= 15 is 0 Å². The minimum Gasteiger partial charge on any atom is -0.463 e. The van der Waals surface area contributed by atoms with Gasteiger partial charge >= 0.3 is 24.2 Å². The minimum atomic E-state index is -4.69. The van der Waals surface area contributed by atoms with Crippen molar-refractivity contribution in [1.29, 1.82) is 0 Å². The number of halogens is 3. The summed E-state index contributed by atoms with van der Waals surface area (Å²) in [6.45, 7) is 7.30. The number of alkyl halides is 3. The predicted octanol–water partition coefficient (Wildman–Crippen LogP) is 2.95. The second kappa shape index (κ2) is 11.2. The van der Waals surface area contributed by atoms with Gasteiger partial charge in [-0.2, -0.15) is 13.2 Å². The van der Waals surface area contributed by atoms with E-state index < -0.39 is 29.8 Å². The van der Waals surface area contributed by atoms with E-state index in [1.54, 1.807) is 11.8 Å². The van der Waals surface area contributed by atoms with Gasteiger partial charge in [0.1, 0.15) is 0 Å². The zero-order chi connectivity index (χ0) is 26.6. The summed E-state index contributed by atoms with van der Waals surface area (Å²) in [6, 6.07) is 2.57. The number of piperazine rings is 1. The highest BCUT2D eigenvalue weighted by Crippen LogP contribution is 2.39. The van der Waals surface area contributed by atoms with Crippen molar-refractivity contribution in [2.24, 2.45) is 0 Å². The molecule has 198 valence electrons. The van der Waals surface area contributed by atoms with Gasteiger partial charge in [0.05, 0.1) is 23.8 Å². The van der Waals surface area contributed by atoms with Crippen molar-refractivity contribution in [2.75, 3.05) is 46.4 Å². The Bertz CT molecular complexity index is 1030. The first kappa shape index (κ1) is 27.3. The Hall–Kier alpha value is -3.28. The Kier molecular flexibility index (Phi) is 8.49. The molecule has 1 saturated heterocycles. The van der Waals surface area contributed by atoms with Gasteiger partial charge in [-0.1, -0.05) is 18.2 Å². The van der Waals surface area contributed by atoms with Crippen molar-refractivity contribution in [1.82, 2.24) is 25.3 Å². The van der Waals surface area contributed by atoms with E-state index in [1.807, 2.05) is 18.7 Å². The average molecular weight is 512 g/mol. The first-order valence-corrected chi connectivity index (χ1v) is 11.9. The Morgan fingerprint density at radius 2 is 1.89 bits per heavy atom. The molecular formula is C24H32F3N5O4. The standard InChI is InChI=1S/C24H32F3N5O4/c1-5-28-22(34)32-12-11-31(13-15(32)3)14-18-19(21(33)36-6-2)20(29-23(35)30(18)4)16-9-7-8-10-17(16)24(25,26)27/h7-10,15,20H,5-6,11-14H2,1-4H3,(H,28,34)(H,29,35). The van der Waals surface area contributed by atoms with Crippen LogP contribution in [0.5, 0.6) is 0 Å². The van der Waals surface area contributed by atoms with Gasteiger partial charge in [0.2, 0.25) is 0 Å². The number of amides is 4. The third-order valence-corrected chi connectivity index (χ3v) is 6.32. The third-order valence-electron chi connectivity index (χ3n) is 6.32. The molecule has 0 aromatic heterocycles. The zero-order valence-electron chi connectivity index (χ0n) is 20.8. The molecule has 12 heteroatoms. The fourth-order valence-corrected chi connectivity index (χ4v) is 4.58. The monoisotopic (exact) mass is 511 g/mol. The van der Waals surface area contributed by atoms with Gasteiger partial charge in [-0.25, -0.2) is 14.4 Å². The quantitative estimate of drug-likeness (QED) is 0.573. The highest BCUT2D eigenvalue weighted by Gasteiger charge is 2.42. The van der Waals surface area contributed by atoms with E-state index in [0.29, 0.717) is 26.2 Å². The normalized spacial score (nSPS) is 21.4. The molecule has 2 aliphatic heterocycles. The molecule has 1 aromatic carbocycles. The second-order valence-electron chi connectivity index (χ2n) is 8.72. The van der Waals surface area contributed by atoms with Crippen molar-refractivity contribution in [3.8, 4) is 0 Å². The molecule has 4 amide bonds. The van der Waals surface area contributed by atoms with Gasteiger partial charge in [0.25, 0.3) is 0 Å². The smallest absolute Gasteiger partial charge is 0.416 e. The van der Waals surface area contributed by atoms with Crippen molar-refractivity contribution >= 4 is 18.0 Å². The van der Waals surface area contributed by atoms with Crippen LogP contribution >= 0.6 is 0 Å². The number of esters is 1. The number of likely N-dealkylation sites (N-methyl/N-ethyl adjacent to an activating group) is 1. The Balaban J connectivity index is 2.01. The molecular weight excluding hydrogens is 479 g/mol. The zero-order valence-corrected chi connectivity index (χ0v) is 20.8. The molecule has 2 heterocycles. The van der Waals surface area contributed by atoms with Gasteiger partial charge in [-0.05, 0) is 32.4 Å². The van der Waals surface area contributed by atoms with Crippen molar-refractivity contribution < 1.29 is 32.3 Å². The molecule has 0 radical (unpaired) electrons. The van der Waals surface area contributed by atoms with Gasteiger partial charge in [-0.3, -0.25) is 9.80 Å². The molecule has 2 N–H and O–H groups in total. The van der Waals surface area contributed by atoms with E-state index in [0.717, 1.165) is 6.07 Å². The molecule has 0 bridgehead atoms. The fraction of sp³-hybridized carbons (Fsp3) is 0.542. The second-order valence-corrected chi connectivity index (χ2v) is 8.72. The summed E-state index contributed by atoms with van der Waals surface area (Å²) in [6.07, 6.45) is -4.69. The molecule has 1 fully saturated rings. The van der Waals surface area contributed by atoms with Crippen LogP contribution in [0.25, 0.3) is 0 Å². The van der Waals surface area contributed by atoms with Crippen molar-refractivity contribution in [3.63, 3.8) is 0 Å². The first-order valence-electron chi connectivity index (χ1n) is 11.9. The summed E-state index contributed by atoms with van der Waals surface area (Å²) in [4.78, 5) is 43.2. The van der Waals surface area contributed by atoms with E-state index in [2.05, 4.69) is 10.6 Å². The van der Waals surface area contributed by atoms with Crippen LogP contribution in [-0.2, 0) is 15.7 Å². The van der Waals surface area contributed by atoms with Crippen LogP contribution in [0.2, 0.25) is 0 Å². The number of carbonyl (C=O) groups excluding carboxylic acids is 3. The summed E-state index contributed by atoms with van der Waals surface area (Å²) >= 11 is 0. The Morgan fingerprint density at radius 3 is 2.50 bits per heavy atom. The summed E-state index contributed by atoms with van der Waals surface area (Å²) in [5, 5.41) is 5.32. The predicted molar refractivity (Wildman–Crippen MR) is 126 cm³/mol. The summed E-state index contributed by atoms with van der Waals surface area (Å²) in [5.41, 5.74) is -0.959. The number of rotatable bonds is 6. The van der Waals surface area contributed by atoms with Crippen molar-refractivity contribution in [2.45, 2.75) is 39.0 Å². The maximum Gasteiger partial charge on any atom is 0.416 e. The van der Waals surface area contributed by atoms with Crippen LogP contribution in [0.3, 0.4) is 0 Å². The van der Waals surface area contributed by atoms with Gasteiger partial charge in [0.15, 0.2) is 0 Å². The molecule has 0 aliphatic carbocycles. The lowest BCUT2D eigenvalue weighted by atomic mass is 9.90. The molecule has 2 aliphatic rings. The number of benzene rings is 1. The molecule has 1 aromatic rings. The van der Waals surface area contributed by atoms with E-state index in [-0.39, 0.29) is 42.1 Å². The van der Waals surface area contributed by atoms with Crippen LogP contribution in [0, 0.1) is 0 Å². The Morgan fingerprint density at radius 1 is 1.19 bits per heavy atom. The van der Waals surface area contributed by atoms with Gasteiger partial charge in [-0.15, -0.1) is 0 Å². The fourth-order valence-electron chi connectivity index (χ4n) is 4.58. The highest BCUT2D eigenvalue weighted by atomic mass is 19.4. The number of urea groups is 2. The molecule has 9 nitrogen and oxygen atoms in total. The maximum atomic E-state index is 13.8. The van der Waals surface area contributed by atoms with Crippen LogP contribution < -0.4 is 10.6 Å². The van der Waals surface area contributed by atoms with Crippen molar-refractivity contribution in [3.05, 3.63) is 46.7 Å². The average Bonchev–Trinajstić information content (AvgIpc) is 2.81. The summed E-state index contributed by atoms with van der Waals surface area (Å²) in [7, 11) is 1.46. The van der Waals surface area contributed by atoms with Crippen LogP contribution in [0.15, 0.2) is 35.5 Å². The molecule has 2 atom stereocenters. The summed E-state index contributed by atoms with van der Waals surface area (Å²) in [5.74, 6) is -0.796. The number of nitrogens with one attached hydrogen (secondary N) is 2. The van der Waals surface area contributed by atoms with E-state index in [4.69, 9.17) is 4.74 Å². The SMILES string of the molecule is CCNC(=O)N1CCN(CC2=C(C(=O)OCC)C(c3ccccc3C(F)(F)F)NC(=O)N2C)CC1C. The lowest BCUT2D eigenvalue weighted by Crippen LogP contribution is -2.58. The topological polar surface area (TPSA) is 94.2 Å². The van der Waals surface area contributed by atoms with Crippen LogP contribution in [-0.4, -0.2) is 85.2 Å². The molecule has 0 spiro atoms. The molecule has 0 saturated carbocycles. The summed E-state index contributed by atoms with van der Waals surface area (Å²) < 4.78 is 46.7. The number of hydrogen-bond acceptors (Lipinski definition) is 5. The third kappa shape index (κ3) is 5.75. The molecule has 2 unspecified atom stereocenters. The number of carbonyl (C=O) groups is 3. The first-order chi connectivity index (χ1) is 17.0. The van der Waals surface area contributed by atoms with E-state index in [1.165, 1.54) is 30.1 Å². The highest BCUT2D eigenvalue weighted by molar-refractivity contribution is 5.95. The number of ether oxygens (including phenoxy) is 1. The van der Waals surface area contributed by atoms with Gasteiger partial charge < -0.3 is 20.3 Å². The minimum absolute atomic E-state index is 0.0170. The largest absolute Gasteiger partial charge is 0.463 e. The van der Waals surface area contributed by atoms with Gasteiger partial charge in [0, 0.05) is 51.5 Å². The maximum absolute atomic E-state index is 13.8. The Labute approximate surface area is 208 Å². The lowest BCUT2D eigenvalue weighted by Gasteiger charge is -2.42. The van der Waals surface area contributed by atoms with Crippen LogP contribution in [0.4, 0.5) is 22.8 Å². The van der Waals surface area contributed by atoms with E-state index in [9.17, 15) is 27.6 Å².